The predicted octanol–water partition coefficient (Wildman–Crippen LogP) is 2.22. The molecule has 2 aromatic carbocycles. The number of anilines is 1. The maximum Gasteiger partial charge on any atom is 0.254 e. The second-order valence-corrected chi connectivity index (χ2v) is 7.28. The molecule has 144 valence electrons. The number of rotatable bonds is 4. The summed E-state index contributed by atoms with van der Waals surface area (Å²) in [5.74, 6) is -0.177. The minimum Gasteiger partial charge on any atom is -0.334 e. The maximum absolute atomic E-state index is 12.6. The largest absolute Gasteiger partial charge is 0.334 e. The van der Waals surface area contributed by atoms with E-state index in [1.807, 2.05) is 55.5 Å². The number of piperazine rings is 1. The summed E-state index contributed by atoms with van der Waals surface area (Å²) in [6.45, 7) is 3.98. The molecule has 2 aliphatic rings. The standard InChI is InChI=1S/C22H23N3O3/c1-16-6-2-5-9-19(16)25-13-12-23(15-21(25)27)20(26)10-11-24-14-17-7-3-4-8-18(17)22(24)28/h2-9H,10-15H2,1H3. The molecule has 6 nitrogen and oxygen atoms in total. The molecule has 2 aromatic rings. The highest BCUT2D eigenvalue weighted by molar-refractivity contribution is 5.99. The molecule has 0 saturated carbocycles. The lowest BCUT2D eigenvalue weighted by atomic mass is 10.1. The first-order chi connectivity index (χ1) is 13.5. The zero-order valence-corrected chi connectivity index (χ0v) is 15.9. The van der Waals surface area contributed by atoms with Crippen LogP contribution in [0, 0.1) is 6.92 Å². The van der Waals surface area contributed by atoms with Gasteiger partial charge >= 0.3 is 0 Å². The van der Waals surface area contributed by atoms with Gasteiger partial charge in [-0.05, 0) is 30.2 Å². The van der Waals surface area contributed by atoms with E-state index in [9.17, 15) is 14.4 Å². The second kappa shape index (κ2) is 7.46. The molecule has 1 fully saturated rings. The van der Waals surface area contributed by atoms with Crippen molar-refractivity contribution in [2.75, 3.05) is 31.1 Å². The van der Waals surface area contributed by atoms with Crippen LogP contribution in [0.4, 0.5) is 5.69 Å². The summed E-state index contributed by atoms with van der Waals surface area (Å²) in [6, 6.07) is 15.3. The van der Waals surface area contributed by atoms with Gasteiger partial charge in [0.25, 0.3) is 5.91 Å². The van der Waals surface area contributed by atoms with Gasteiger partial charge in [-0.1, -0.05) is 36.4 Å². The molecule has 2 heterocycles. The number of benzene rings is 2. The molecule has 0 N–H and O–H groups in total. The van der Waals surface area contributed by atoms with E-state index in [1.54, 1.807) is 14.7 Å². The summed E-state index contributed by atoms with van der Waals surface area (Å²) in [7, 11) is 0. The van der Waals surface area contributed by atoms with E-state index in [1.165, 1.54) is 0 Å². The van der Waals surface area contributed by atoms with E-state index in [4.69, 9.17) is 0 Å². The molecule has 6 heteroatoms. The fourth-order valence-electron chi connectivity index (χ4n) is 3.89. The SMILES string of the molecule is Cc1ccccc1N1CCN(C(=O)CCN2Cc3ccccc3C2=O)CC1=O. The highest BCUT2D eigenvalue weighted by atomic mass is 16.2. The number of aryl methyl sites for hydroxylation is 1. The third-order valence-corrected chi connectivity index (χ3v) is 5.47. The normalized spacial score (nSPS) is 16.5. The highest BCUT2D eigenvalue weighted by Crippen LogP contribution is 2.23. The minimum atomic E-state index is -0.0819. The Labute approximate surface area is 164 Å². The fraction of sp³-hybridized carbons (Fsp3) is 0.318. The summed E-state index contributed by atoms with van der Waals surface area (Å²) in [5, 5.41) is 0. The second-order valence-electron chi connectivity index (χ2n) is 7.28. The third-order valence-electron chi connectivity index (χ3n) is 5.47. The molecule has 4 rings (SSSR count). The van der Waals surface area contributed by atoms with E-state index < -0.39 is 0 Å². The summed E-state index contributed by atoms with van der Waals surface area (Å²) >= 11 is 0. The van der Waals surface area contributed by atoms with Crippen molar-refractivity contribution in [3.63, 3.8) is 0 Å². The van der Waals surface area contributed by atoms with Crippen LogP contribution in [0.1, 0.15) is 27.9 Å². The number of para-hydroxylation sites is 1. The number of fused-ring (bicyclic) bond motifs is 1. The average molecular weight is 377 g/mol. The van der Waals surface area contributed by atoms with Gasteiger partial charge < -0.3 is 14.7 Å². The van der Waals surface area contributed by atoms with E-state index in [2.05, 4.69) is 0 Å². The van der Waals surface area contributed by atoms with E-state index in [0.29, 0.717) is 26.2 Å². The predicted molar refractivity (Wildman–Crippen MR) is 106 cm³/mol. The van der Waals surface area contributed by atoms with Crippen molar-refractivity contribution < 1.29 is 14.4 Å². The van der Waals surface area contributed by atoms with Crippen molar-refractivity contribution >= 4 is 23.4 Å². The van der Waals surface area contributed by atoms with Crippen LogP contribution < -0.4 is 4.90 Å². The molecule has 0 aliphatic carbocycles. The molecule has 0 bridgehead atoms. The molecule has 2 aliphatic heterocycles. The first-order valence-electron chi connectivity index (χ1n) is 9.55. The maximum atomic E-state index is 12.6. The van der Waals surface area contributed by atoms with Gasteiger partial charge in [0.05, 0.1) is 0 Å². The summed E-state index contributed by atoms with van der Waals surface area (Å²) in [4.78, 5) is 42.7. The van der Waals surface area contributed by atoms with Crippen molar-refractivity contribution in [3.05, 3.63) is 65.2 Å². The molecule has 0 radical (unpaired) electrons. The first kappa shape index (κ1) is 18.2. The van der Waals surface area contributed by atoms with Gasteiger partial charge in [0.2, 0.25) is 11.8 Å². The van der Waals surface area contributed by atoms with Crippen LogP contribution >= 0.6 is 0 Å². The molecule has 28 heavy (non-hydrogen) atoms. The number of hydrogen-bond acceptors (Lipinski definition) is 3. The molecule has 3 amide bonds. The number of amides is 3. The van der Waals surface area contributed by atoms with Crippen LogP contribution in [0.5, 0.6) is 0 Å². The van der Waals surface area contributed by atoms with Crippen LogP contribution in [0.15, 0.2) is 48.5 Å². The Kier molecular flexibility index (Phi) is 4.86. The molecular weight excluding hydrogens is 354 g/mol. The van der Waals surface area contributed by atoms with Crippen molar-refractivity contribution in [2.45, 2.75) is 19.9 Å². The average Bonchev–Trinajstić information content (AvgIpc) is 3.03. The Balaban J connectivity index is 1.33. The monoisotopic (exact) mass is 377 g/mol. The van der Waals surface area contributed by atoms with Gasteiger partial charge in [-0.25, -0.2) is 0 Å². The van der Waals surface area contributed by atoms with Crippen LogP contribution in [0.3, 0.4) is 0 Å². The van der Waals surface area contributed by atoms with Gasteiger partial charge in [-0.3, -0.25) is 14.4 Å². The van der Waals surface area contributed by atoms with Gasteiger partial charge in [0.1, 0.15) is 6.54 Å². The van der Waals surface area contributed by atoms with Crippen LogP contribution in [0.2, 0.25) is 0 Å². The summed E-state index contributed by atoms with van der Waals surface area (Å²) in [6.07, 6.45) is 0.234. The van der Waals surface area contributed by atoms with Gasteiger partial charge in [-0.2, -0.15) is 0 Å². The molecule has 0 spiro atoms. The Morgan fingerprint density at radius 3 is 2.46 bits per heavy atom. The third kappa shape index (κ3) is 3.38. The molecule has 0 unspecified atom stereocenters. The number of nitrogens with zero attached hydrogens (tertiary/aromatic N) is 3. The smallest absolute Gasteiger partial charge is 0.254 e. The van der Waals surface area contributed by atoms with Gasteiger partial charge in [0.15, 0.2) is 0 Å². The molecular formula is C22H23N3O3. The van der Waals surface area contributed by atoms with Gasteiger partial charge in [-0.15, -0.1) is 0 Å². The zero-order valence-electron chi connectivity index (χ0n) is 15.9. The van der Waals surface area contributed by atoms with Crippen molar-refractivity contribution in [3.8, 4) is 0 Å². The van der Waals surface area contributed by atoms with Gasteiger partial charge in [0, 0.05) is 43.9 Å². The highest BCUT2D eigenvalue weighted by Gasteiger charge is 2.30. The van der Waals surface area contributed by atoms with Crippen LogP contribution in [-0.4, -0.2) is 53.7 Å². The van der Waals surface area contributed by atoms with Crippen molar-refractivity contribution in [1.29, 1.82) is 0 Å². The molecule has 1 saturated heterocycles. The van der Waals surface area contributed by atoms with Crippen molar-refractivity contribution in [2.24, 2.45) is 0 Å². The summed E-state index contributed by atoms with van der Waals surface area (Å²) in [5.41, 5.74) is 3.67. The minimum absolute atomic E-state index is 0.0242. The van der Waals surface area contributed by atoms with Crippen molar-refractivity contribution in [1.82, 2.24) is 9.80 Å². The Hall–Kier alpha value is -3.15. The number of carbonyl (C=O) groups excluding carboxylic acids is 3. The number of carbonyl (C=O) groups is 3. The fourth-order valence-corrected chi connectivity index (χ4v) is 3.89. The van der Waals surface area contributed by atoms with E-state index in [0.717, 1.165) is 22.4 Å². The van der Waals surface area contributed by atoms with Crippen LogP contribution in [-0.2, 0) is 16.1 Å². The lowest BCUT2D eigenvalue weighted by Gasteiger charge is -2.35. The quantitative estimate of drug-likeness (QED) is 0.821. The molecule has 0 aromatic heterocycles. The van der Waals surface area contributed by atoms with E-state index >= 15 is 0 Å². The summed E-state index contributed by atoms with van der Waals surface area (Å²) < 4.78 is 0. The topological polar surface area (TPSA) is 60.9 Å². The number of hydrogen-bond donors (Lipinski definition) is 0. The lowest BCUT2D eigenvalue weighted by Crippen LogP contribution is -2.53. The lowest BCUT2D eigenvalue weighted by molar-refractivity contribution is -0.137. The Morgan fingerprint density at radius 2 is 1.71 bits per heavy atom. The molecule has 0 atom stereocenters. The Bertz CT molecular complexity index is 940. The zero-order chi connectivity index (χ0) is 19.7. The first-order valence-corrected chi connectivity index (χ1v) is 9.55. The van der Waals surface area contributed by atoms with Crippen LogP contribution in [0.25, 0.3) is 0 Å². The van der Waals surface area contributed by atoms with E-state index in [-0.39, 0.29) is 30.7 Å². The Morgan fingerprint density at radius 1 is 0.964 bits per heavy atom.